The van der Waals surface area contributed by atoms with Crippen molar-refractivity contribution in [3.8, 4) is 0 Å². The van der Waals surface area contributed by atoms with Gasteiger partial charge in [0, 0.05) is 17.3 Å². The van der Waals surface area contributed by atoms with E-state index in [0.29, 0.717) is 5.56 Å². The van der Waals surface area contributed by atoms with Crippen LogP contribution in [0.15, 0.2) is 12.1 Å². The molecule has 1 rings (SSSR count). The standard InChI is InChI=1S/C11H11FI3NO4S/c12-9(21(18,19)20)2-1-3-16-11(17)7-4-6(13)5-8(14)10(7)15/h4-5,9H,1-3H2,(H,16,17)(H,18,19,20)/p-1. The van der Waals surface area contributed by atoms with Gasteiger partial charge in [-0.2, -0.15) is 0 Å². The van der Waals surface area contributed by atoms with Crippen LogP contribution in [0.4, 0.5) is 4.39 Å². The molecule has 0 aliphatic rings. The Kier molecular flexibility index (Phi) is 8.04. The zero-order chi connectivity index (χ0) is 16.2. The lowest BCUT2D eigenvalue weighted by molar-refractivity contribution is 0.0951. The van der Waals surface area contributed by atoms with Gasteiger partial charge in [-0.3, -0.25) is 4.79 Å². The molecule has 0 saturated carbocycles. The lowest BCUT2D eigenvalue weighted by atomic mass is 10.2. The highest BCUT2D eigenvalue weighted by Gasteiger charge is 2.15. The molecule has 1 N–H and O–H groups in total. The number of amides is 1. The second-order valence-electron chi connectivity index (χ2n) is 4.05. The van der Waals surface area contributed by atoms with Crippen LogP contribution in [0.25, 0.3) is 0 Å². The van der Waals surface area contributed by atoms with Gasteiger partial charge in [-0.1, -0.05) is 0 Å². The average molecular weight is 652 g/mol. The third kappa shape index (κ3) is 6.39. The molecule has 0 radical (unpaired) electrons. The second-order valence-corrected chi connectivity index (χ2v) is 9.03. The van der Waals surface area contributed by atoms with Crippen LogP contribution in [-0.4, -0.2) is 30.9 Å². The number of carbonyl (C=O) groups excluding carboxylic acids is 1. The number of rotatable bonds is 6. The van der Waals surface area contributed by atoms with E-state index in [2.05, 4.69) is 73.1 Å². The minimum Gasteiger partial charge on any atom is -0.746 e. The van der Waals surface area contributed by atoms with Crippen molar-refractivity contribution in [2.45, 2.75) is 18.3 Å². The SMILES string of the molecule is O=C(NCCCC(F)S(=O)(=O)[O-])c1cc(I)cc(I)c1I. The molecule has 0 spiro atoms. The molecule has 0 saturated heterocycles. The summed E-state index contributed by atoms with van der Waals surface area (Å²) in [4.78, 5) is 12.0. The monoisotopic (exact) mass is 652 g/mol. The van der Waals surface area contributed by atoms with Crippen molar-refractivity contribution in [1.82, 2.24) is 5.32 Å². The predicted octanol–water partition coefficient (Wildman–Crippen LogP) is 2.85. The Balaban J connectivity index is 2.56. The highest BCUT2D eigenvalue weighted by Crippen LogP contribution is 2.22. The third-order valence-corrected chi connectivity index (χ3v) is 6.97. The van der Waals surface area contributed by atoms with Crippen molar-refractivity contribution in [2.75, 3.05) is 6.54 Å². The van der Waals surface area contributed by atoms with Crippen molar-refractivity contribution in [2.24, 2.45) is 0 Å². The normalized spacial score (nSPS) is 13.0. The summed E-state index contributed by atoms with van der Waals surface area (Å²) >= 11 is 6.30. The summed E-state index contributed by atoms with van der Waals surface area (Å²) in [6.45, 7) is 0.104. The molecule has 0 fully saturated rings. The van der Waals surface area contributed by atoms with Gasteiger partial charge in [-0.15, -0.1) is 0 Å². The Morgan fingerprint density at radius 1 is 1.33 bits per heavy atom. The van der Waals surface area contributed by atoms with E-state index in [0.717, 1.165) is 10.7 Å². The Morgan fingerprint density at radius 3 is 2.52 bits per heavy atom. The molecule has 118 valence electrons. The Bertz CT molecular complexity index is 639. The number of alkyl halides is 1. The van der Waals surface area contributed by atoms with Gasteiger partial charge in [-0.05, 0) is 92.7 Å². The summed E-state index contributed by atoms with van der Waals surface area (Å²) in [5.41, 5.74) is -1.91. The zero-order valence-corrected chi connectivity index (χ0v) is 17.7. The number of hydrogen-bond donors (Lipinski definition) is 1. The fourth-order valence-electron chi connectivity index (χ4n) is 1.43. The Morgan fingerprint density at radius 2 is 1.95 bits per heavy atom. The van der Waals surface area contributed by atoms with Gasteiger partial charge in [0.25, 0.3) is 5.91 Å². The van der Waals surface area contributed by atoms with Gasteiger partial charge >= 0.3 is 0 Å². The van der Waals surface area contributed by atoms with E-state index in [9.17, 15) is 22.2 Å². The van der Waals surface area contributed by atoms with E-state index in [4.69, 9.17) is 0 Å². The van der Waals surface area contributed by atoms with Crippen LogP contribution >= 0.6 is 67.8 Å². The number of carbonyl (C=O) groups is 1. The van der Waals surface area contributed by atoms with Crippen LogP contribution in [0.1, 0.15) is 23.2 Å². The van der Waals surface area contributed by atoms with Crippen molar-refractivity contribution >= 4 is 83.8 Å². The van der Waals surface area contributed by atoms with E-state index in [1.807, 2.05) is 6.07 Å². The molecule has 5 nitrogen and oxygen atoms in total. The number of nitrogens with one attached hydrogen (secondary N) is 1. The molecular formula is C11H10FI3NO4S-. The molecule has 21 heavy (non-hydrogen) atoms. The summed E-state index contributed by atoms with van der Waals surface area (Å²) in [5, 5.41) is 2.59. The van der Waals surface area contributed by atoms with Gasteiger partial charge in [-0.25, -0.2) is 12.8 Å². The molecule has 1 aromatic rings. The molecular weight excluding hydrogens is 642 g/mol. The first-order chi connectivity index (χ1) is 9.62. The van der Waals surface area contributed by atoms with Crippen molar-refractivity contribution in [3.05, 3.63) is 28.4 Å². The molecule has 1 amide bonds. The van der Waals surface area contributed by atoms with E-state index >= 15 is 0 Å². The maximum Gasteiger partial charge on any atom is 0.252 e. The van der Waals surface area contributed by atoms with E-state index in [-0.39, 0.29) is 18.9 Å². The van der Waals surface area contributed by atoms with E-state index < -0.39 is 22.0 Å². The lowest BCUT2D eigenvalue weighted by Crippen LogP contribution is -2.27. The number of hydrogen-bond acceptors (Lipinski definition) is 4. The van der Waals surface area contributed by atoms with E-state index in [1.54, 1.807) is 6.07 Å². The summed E-state index contributed by atoms with van der Waals surface area (Å²) in [7, 11) is -4.91. The van der Waals surface area contributed by atoms with E-state index in [1.165, 1.54) is 0 Å². The third-order valence-electron chi connectivity index (χ3n) is 2.44. The summed E-state index contributed by atoms with van der Waals surface area (Å²) in [5.74, 6) is -0.309. The molecule has 1 atom stereocenters. The van der Waals surface area contributed by atoms with Crippen molar-refractivity contribution in [3.63, 3.8) is 0 Å². The summed E-state index contributed by atoms with van der Waals surface area (Å²) in [6.07, 6.45) is -0.348. The maximum atomic E-state index is 12.9. The van der Waals surface area contributed by atoms with Crippen LogP contribution in [0.3, 0.4) is 0 Å². The average Bonchev–Trinajstić information content (AvgIpc) is 2.37. The Labute approximate surface area is 163 Å². The van der Waals surface area contributed by atoms with Crippen LogP contribution in [-0.2, 0) is 10.1 Å². The molecule has 0 aromatic heterocycles. The molecule has 0 bridgehead atoms. The van der Waals surface area contributed by atoms with Crippen LogP contribution in [0.2, 0.25) is 0 Å². The highest BCUT2D eigenvalue weighted by molar-refractivity contribution is 14.1. The second kappa shape index (κ2) is 8.54. The minimum atomic E-state index is -4.91. The summed E-state index contributed by atoms with van der Waals surface area (Å²) in [6, 6.07) is 3.67. The van der Waals surface area contributed by atoms with Crippen molar-refractivity contribution < 1.29 is 22.2 Å². The highest BCUT2D eigenvalue weighted by atomic mass is 127. The molecule has 1 aromatic carbocycles. The fraction of sp³-hybridized carbons (Fsp3) is 0.364. The molecule has 10 heteroatoms. The summed E-state index contributed by atoms with van der Waals surface area (Å²) < 4.78 is 46.7. The first-order valence-electron chi connectivity index (χ1n) is 5.64. The lowest BCUT2D eigenvalue weighted by Gasteiger charge is -2.13. The molecule has 0 aliphatic heterocycles. The maximum absolute atomic E-state index is 12.9. The van der Waals surface area contributed by atoms with Crippen LogP contribution in [0, 0.1) is 10.7 Å². The smallest absolute Gasteiger partial charge is 0.252 e. The number of halogens is 4. The predicted molar refractivity (Wildman–Crippen MR) is 101 cm³/mol. The topological polar surface area (TPSA) is 86.3 Å². The van der Waals surface area contributed by atoms with Crippen LogP contribution < -0.4 is 5.32 Å². The largest absolute Gasteiger partial charge is 0.746 e. The minimum absolute atomic E-state index is 0.0754. The molecule has 0 heterocycles. The van der Waals surface area contributed by atoms with Crippen molar-refractivity contribution in [1.29, 1.82) is 0 Å². The van der Waals surface area contributed by atoms with Gasteiger partial charge in [0.15, 0.2) is 5.50 Å². The quantitative estimate of drug-likeness (QED) is 0.222. The Hall–Kier alpha value is 0.720. The van der Waals surface area contributed by atoms with Gasteiger partial charge in [0.2, 0.25) is 0 Å². The molecule has 1 unspecified atom stereocenters. The fourth-order valence-corrected chi connectivity index (χ4v) is 4.28. The number of benzene rings is 1. The first-order valence-corrected chi connectivity index (χ1v) is 10.3. The zero-order valence-electron chi connectivity index (χ0n) is 10.4. The van der Waals surface area contributed by atoms with Gasteiger partial charge in [0.05, 0.1) is 5.56 Å². The van der Waals surface area contributed by atoms with Gasteiger partial charge < -0.3 is 9.87 Å². The first kappa shape index (κ1) is 19.8. The molecule has 0 aliphatic carbocycles. The van der Waals surface area contributed by atoms with Gasteiger partial charge in [0.1, 0.15) is 10.1 Å². The van der Waals surface area contributed by atoms with Crippen LogP contribution in [0.5, 0.6) is 0 Å².